The summed E-state index contributed by atoms with van der Waals surface area (Å²) in [5.74, 6) is 0. The molecule has 1 aliphatic carbocycles. The summed E-state index contributed by atoms with van der Waals surface area (Å²) in [5, 5.41) is 0. The van der Waals surface area contributed by atoms with Gasteiger partial charge in [0.1, 0.15) is 0 Å². The van der Waals surface area contributed by atoms with Crippen LogP contribution < -0.4 is 0 Å². The molecule has 1 aromatic rings. The van der Waals surface area contributed by atoms with Gasteiger partial charge in [-0.2, -0.15) is 0 Å². The van der Waals surface area contributed by atoms with Gasteiger partial charge in [-0.1, -0.05) is 51.1 Å². The van der Waals surface area contributed by atoms with Crippen molar-refractivity contribution in [2.45, 2.75) is 6.42 Å². The molecule has 13 heavy (non-hydrogen) atoms. The van der Waals surface area contributed by atoms with Gasteiger partial charge >= 0.3 is 0 Å². The predicted molar refractivity (Wildman–Crippen MR) is 66.3 cm³/mol. The average Bonchev–Trinajstić information content (AvgIpc) is 2.56. The van der Waals surface area contributed by atoms with Crippen LogP contribution in [0.2, 0.25) is 0 Å². The van der Waals surface area contributed by atoms with Crippen LogP contribution in [-0.4, -0.2) is 4.01 Å². The minimum absolute atomic E-state index is 0.191. The Hall–Kier alpha value is -0.700. The molecule has 0 saturated carbocycles. The van der Waals surface area contributed by atoms with Crippen molar-refractivity contribution >= 4 is 30.3 Å². The largest absolute Gasteiger partial charge is 0.0931 e. The molecule has 0 spiro atoms. The van der Waals surface area contributed by atoms with Gasteiger partial charge in [-0.05, 0) is 36.8 Å². The van der Waals surface area contributed by atoms with Crippen molar-refractivity contribution in [3.05, 3.63) is 51.1 Å². The smallest absolute Gasteiger partial charge is 0.00131 e. The molecule has 0 saturated heterocycles. The Bertz CT molecular complexity index is 450. The number of halogens is 1. The molecule has 0 N–H and O–H groups in total. The first-order valence-electron chi connectivity index (χ1n) is 4.38. The molecule has 0 unspecified atom stereocenters. The lowest BCUT2D eigenvalue weighted by atomic mass is 10.1. The van der Waals surface area contributed by atoms with E-state index in [9.17, 15) is 0 Å². The number of hydrogen-bond donors (Lipinski definition) is 0. The number of rotatable bonds is 0. The summed E-state index contributed by atoms with van der Waals surface area (Å²) < 4.78 is 4.80. The molecule has 0 aromatic heterocycles. The van der Waals surface area contributed by atoms with E-state index in [4.69, 9.17) is 0 Å². The zero-order valence-electron chi connectivity index (χ0n) is 7.13. The first-order chi connectivity index (χ1) is 6.45. The maximum absolute atomic E-state index is 2.44. The van der Waals surface area contributed by atoms with E-state index < -0.39 is 0 Å². The fourth-order valence-corrected chi connectivity index (χ4v) is 3.84. The van der Waals surface area contributed by atoms with Crippen molar-refractivity contribution in [2.75, 3.05) is 0 Å². The van der Waals surface area contributed by atoms with Gasteiger partial charge in [0.05, 0.1) is 0 Å². The Kier molecular flexibility index (Phi) is 1.72. The molecule has 0 bridgehead atoms. The molecule has 0 amide bonds. The van der Waals surface area contributed by atoms with Crippen LogP contribution in [0.25, 0.3) is 5.57 Å². The summed E-state index contributed by atoms with van der Waals surface area (Å²) >= 11 is 0.191. The van der Waals surface area contributed by atoms with E-state index in [0.29, 0.717) is 0 Å². The lowest BCUT2D eigenvalue weighted by Gasteiger charge is -2.02. The van der Waals surface area contributed by atoms with Crippen LogP contribution in [0, 0.1) is 0 Å². The quantitative estimate of drug-likeness (QED) is 0.640. The summed E-state index contributed by atoms with van der Waals surface area (Å²) in [6.45, 7) is 0. The second-order valence-electron chi connectivity index (χ2n) is 3.30. The zero-order chi connectivity index (χ0) is 8.67. The molecule has 0 radical (unpaired) electrons. The molecule has 0 nitrogen and oxygen atoms in total. The fourth-order valence-electron chi connectivity index (χ4n) is 1.90. The maximum Gasteiger partial charge on any atom is -0.00131 e. The highest BCUT2D eigenvalue weighted by molar-refractivity contribution is 14.2. The van der Waals surface area contributed by atoms with E-state index in [-0.39, 0.29) is 20.7 Å². The Balaban J connectivity index is 2.27. The molecule has 1 aliphatic heterocycles. The monoisotopic (exact) mass is 280 g/mol. The van der Waals surface area contributed by atoms with E-state index in [1.54, 1.807) is 0 Å². The molecule has 1 heteroatoms. The lowest BCUT2D eigenvalue weighted by molar-refractivity contribution is 1.27. The van der Waals surface area contributed by atoms with Gasteiger partial charge in [-0.25, -0.2) is 0 Å². The van der Waals surface area contributed by atoms with Crippen LogP contribution in [-0.2, 0) is 6.42 Å². The van der Waals surface area contributed by atoms with Crippen molar-refractivity contribution in [2.24, 2.45) is 0 Å². The number of allylic oxidation sites excluding steroid dienone is 3. The van der Waals surface area contributed by atoms with Crippen molar-refractivity contribution < 1.29 is 0 Å². The molecular weight excluding hydrogens is 271 g/mol. The highest BCUT2D eigenvalue weighted by Crippen LogP contribution is 2.39. The number of benzene rings is 1. The average molecular weight is 280 g/mol. The first kappa shape index (κ1) is 7.68. The fraction of sp³-hybridized carbons (Fsp3) is 0.0833. The summed E-state index contributed by atoms with van der Waals surface area (Å²) in [7, 11) is 0. The summed E-state index contributed by atoms with van der Waals surface area (Å²) in [6.07, 6.45) is 3.46. The van der Waals surface area contributed by atoms with Gasteiger partial charge in [-0.3, -0.25) is 0 Å². The van der Waals surface area contributed by atoms with Crippen LogP contribution >= 0.6 is 20.7 Å². The van der Waals surface area contributed by atoms with Crippen molar-refractivity contribution in [3.8, 4) is 0 Å². The summed E-state index contributed by atoms with van der Waals surface area (Å²) in [5.41, 5.74) is 6.01. The van der Waals surface area contributed by atoms with Crippen LogP contribution in [0.4, 0.5) is 0 Å². The minimum atomic E-state index is 0.191. The van der Waals surface area contributed by atoms with Gasteiger partial charge in [0.2, 0.25) is 0 Å². The maximum atomic E-state index is 2.44. The normalized spacial score (nSPS) is 18.2. The Morgan fingerprint density at radius 3 is 3.08 bits per heavy atom. The predicted octanol–water partition coefficient (Wildman–Crippen LogP) is 3.30. The lowest BCUT2D eigenvalue weighted by Crippen LogP contribution is -1.82. The number of hydrogen-bond acceptors (Lipinski definition) is 0. The molecule has 2 aliphatic rings. The zero-order valence-corrected chi connectivity index (χ0v) is 9.28. The standard InChI is InChI=1S/C12H9I/c1-2-4-11-9(3-1)7-10-5-6-13-8-12(10)11/h1-6,8H,7H2. The second kappa shape index (κ2) is 2.91. The van der Waals surface area contributed by atoms with E-state index in [1.165, 1.54) is 22.3 Å². The molecule has 0 fully saturated rings. The highest BCUT2D eigenvalue weighted by Gasteiger charge is 2.20. The molecular formula is C12H9I. The first-order valence-corrected chi connectivity index (χ1v) is 6.87. The molecule has 64 valence electrons. The van der Waals surface area contributed by atoms with Crippen LogP contribution in [0.15, 0.2) is 40.0 Å². The molecule has 3 rings (SSSR count). The van der Waals surface area contributed by atoms with Crippen LogP contribution in [0.5, 0.6) is 0 Å². The Morgan fingerprint density at radius 2 is 2.08 bits per heavy atom. The minimum Gasteiger partial charge on any atom is -0.0931 e. The third-order valence-corrected chi connectivity index (χ3v) is 4.30. The number of fused-ring (bicyclic) bond motifs is 3. The van der Waals surface area contributed by atoms with Crippen molar-refractivity contribution in [1.29, 1.82) is 0 Å². The summed E-state index contributed by atoms with van der Waals surface area (Å²) in [4.78, 5) is 0. The van der Waals surface area contributed by atoms with E-state index in [1.807, 2.05) is 0 Å². The van der Waals surface area contributed by atoms with E-state index in [0.717, 1.165) is 6.42 Å². The molecule has 1 aromatic carbocycles. The van der Waals surface area contributed by atoms with Crippen LogP contribution in [0.1, 0.15) is 11.1 Å². The SMILES string of the molecule is C1=IC=C2C(=C1)Cc1ccccc12. The molecule has 0 atom stereocenters. The van der Waals surface area contributed by atoms with Gasteiger partial charge in [0.15, 0.2) is 0 Å². The molecule has 1 heterocycles. The van der Waals surface area contributed by atoms with E-state index in [2.05, 4.69) is 38.4 Å². The van der Waals surface area contributed by atoms with Gasteiger partial charge in [0, 0.05) is 0 Å². The Labute approximate surface area is 87.7 Å². The van der Waals surface area contributed by atoms with Crippen molar-refractivity contribution in [3.63, 3.8) is 0 Å². The van der Waals surface area contributed by atoms with Gasteiger partial charge in [0.25, 0.3) is 0 Å². The Morgan fingerprint density at radius 1 is 1.15 bits per heavy atom. The van der Waals surface area contributed by atoms with E-state index >= 15 is 0 Å². The third kappa shape index (κ3) is 1.14. The van der Waals surface area contributed by atoms with Gasteiger partial charge in [-0.15, -0.1) is 0 Å². The van der Waals surface area contributed by atoms with Crippen molar-refractivity contribution in [1.82, 2.24) is 0 Å². The third-order valence-electron chi connectivity index (χ3n) is 2.54. The second-order valence-corrected chi connectivity index (χ2v) is 5.36. The van der Waals surface area contributed by atoms with Crippen LogP contribution in [0.3, 0.4) is 0 Å². The highest BCUT2D eigenvalue weighted by atomic mass is 127. The van der Waals surface area contributed by atoms with Gasteiger partial charge < -0.3 is 0 Å². The topological polar surface area (TPSA) is 0 Å². The summed E-state index contributed by atoms with van der Waals surface area (Å²) in [6, 6.07) is 8.76.